The zero-order chi connectivity index (χ0) is 21.2. The Morgan fingerprint density at radius 3 is 2.43 bits per heavy atom. The van der Waals surface area contributed by atoms with Gasteiger partial charge in [-0.05, 0) is 62.1 Å². The van der Waals surface area contributed by atoms with Gasteiger partial charge in [-0.15, -0.1) is 0 Å². The number of rotatable bonds is 10. The maximum Gasteiger partial charge on any atom is 0.262 e. The molecule has 0 aliphatic carbocycles. The summed E-state index contributed by atoms with van der Waals surface area (Å²) in [5.74, 6) is 0.530. The first kappa shape index (κ1) is 21.6. The predicted octanol–water partition coefficient (Wildman–Crippen LogP) is 5.12. The molecule has 156 valence electrons. The molecule has 0 aliphatic rings. The van der Waals surface area contributed by atoms with Gasteiger partial charge in [0, 0.05) is 18.3 Å². The lowest BCUT2D eigenvalue weighted by molar-refractivity contribution is -0.118. The van der Waals surface area contributed by atoms with Gasteiger partial charge in [-0.1, -0.05) is 60.2 Å². The number of carbonyl (C=O) groups is 1. The third-order valence-corrected chi connectivity index (χ3v) is 4.97. The van der Waals surface area contributed by atoms with Crippen molar-refractivity contribution >= 4 is 11.6 Å². The molecule has 0 bridgehead atoms. The summed E-state index contributed by atoms with van der Waals surface area (Å²) in [5.41, 5.74) is 4.43. The van der Waals surface area contributed by atoms with E-state index in [1.54, 1.807) is 0 Å². The molecule has 4 nitrogen and oxygen atoms in total. The normalized spacial score (nSPS) is 11.7. The second-order valence-electron chi connectivity index (χ2n) is 7.66. The van der Waals surface area contributed by atoms with Gasteiger partial charge in [0.2, 0.25) is 0 Å². The number of hydrogen-bond acceptors (Lipinski definition) is 3. The zero-order valence-electron chi connectivity index (χ0n) is 17.7. The average molecular weight is 403 g/mol. The smallest absolute Gasteiger partial charge is 0.262 e. The number of nitrogens with one attached hydrogen (secondary N) is 2. The van der Waals surface area contributed by atoms with Crippen LogP contribution in [0.5, 0.6) is 5.75 Å². The standard InChI is InChI=1S/C26H30N2O2/c1-20-11-15-24(16-12-20)28-26(29)19-30-25-10-6-9-23(17-25)18-27-21(2)13-14-22-7-4-3-5-8-22/h3-12,15-17,21,27H,13-14,18-19H2,1-2H3,(H,28,29)/t21-/m0/s1. The van der Waals surface area contributed by atoms with Crippen molar-refractivity contribution in [3.63, 3.8) is 0 Å². The van der Waals surface area contributed by atoms with E-state index < -0.39 is 0 Å². The fraction of sp³-hybridized carbons (Fsp3) is 0.269. The van der Waals surface area contributed by atoms with E-state index in [1.165, 1.54) is 5.56 Å². The van der Waals surface area contributed by atoms with Crippen molar-refractivity contribution in [2.45, 2.75) is 39.3 Å². The molecule has 0 spiro atoms. The SMILES string of the molecule is Cc1ccc(NC(=O)COc2cccc(CN[C@@H](C)CCc3ccccc3)c2)cc1. The fourth-order valence-electron chi connectivity index (χ4n) is 3.15. The first-order chi connectivity index (χ1) is 14.6. The summed E-state index contributed by atoms with van der Waals surface area (Å²) >= 11 is 0. The molecule has 30 heavy (non-hydrogen) atoms. The Morgan fingerprint density at radius 2 is 1.67 bits per heavy atom. The number of anilines is 1. The Kier molecular flexibility index (Phi) is 8.04. The molecule has 3 rings (SSSR count). The minimum atomic E-state index is -0.170. The Morgan fingerprint density at radius 1 is 0.933 bits per heavy atom. The predicted molar refractivity (Wildman–Crippen MR) is 123 cm³/mol. The monoisotopic (exact) mass is 402 g/mol. The highest BCUT2D eigenvalue weighted by Gasteiger charge is 2.06. The Bertz CT molecular complexity index is 923. The molecule has 1 atom stereocenters. The van der Waals surface area contributed by atoms with Crippen LogP contribution < -0.4 is 15.4 Å². The van der Waals surface area contributed by atoms with Gasteiger partial charge in [0.1, 0.15) is 5.75 Å². The molecule has 0 aromatic heterocycles. The number of hydrogen-bond donors (Lipinski definition) is 2. The summed E-state index contributed by atoms with van der Waals surface area (Å²) in [6.07, 6.45) is 2.15. The molecule has 0 radical (unpaired) electrons. The van der Waals surface area contributed by atoms with Crippen LogP contribution >= 0.6 is 0 Å². The number of aryl methyl sites for hydroxylation is 2. The summed E-state index contributed by atoms with van der Waals surface area (Å²) in [5, 5.41) is 6.41. The molecule has 0 aliphatic heterocycles. The fourth-order valence-corrected chi connectivity index (χ4v) is 3.15. The summed E-state index contributed by atoms with van der Waals surface area (Å²) in [7, 11) is 0. The van der Waals surface area contributed by atoms with Crippen LogP contribution in [0.4, 0.5) is 5.69 Å². The van der Waals surface area contributed by atoms with Crippen molar-refractivity contribution in [3.05, 3.63) is 95.6 Å². The van der Waals surface area contributed by atoms with E-state index in [0.29, 0.717) is 11.8 Å². The van der Waals surface area contributed by atoms with Crippen LogP contribution in [0, 0.1) is 6.92 Å². The lowest BCUT2D eigenvalue weighted by atomic mass is 10.1. The van der Waals surface area contributed by atoms with E-state index >= 15 is 0 Å². The molecular formula is C26H30N2O2. The lowest BCUT2D eigenvalue weighted by Gasteiger charge is -2.14. The van der Waals surface area contributed by atoms with E-state index in [1.807, 2.05) is 55.5 Å². The molecule has 2 N–H and O–H groups in total. The summed E-state index contributed by atoms with van der Waals surface area (Å²) in [4.78, 5) is 12.1. The average Bonchev–Trinajstić information content (AvgIpc) is 2.77. The van der Waals surface area contributed by atoms with Gasteiger partial charge in [0.05, 0.1) is 0 Å². The lowest BCUT2D eigenvalue weighted by Crippen LogP contribution is -2.26. The number of carbonyl (C=O) groups excluding carboxylic acids is 1. The van der Waals surface area contributed by atoms with Crippen LogP contribution in [0.1, 0.15) is 30.0 Å². The highest BCUT2D eigenvalue weighted by molar-refractivity contribution is 5.91. The van der Waals surface area contributed by atoms with E-state index in [4.69, 9.17) is 4.74 Å². The molecule has 4 heteroatoms. The highest BCUT2D eigenvalue weighted by Crippen LogP contribution is 2.14. The largest absolute Gasteiger partial charge is 0.484 e. The first-order valence-electron chi connectivity index (χ1n) is 10.4. The number of amides is 1. The third-order valence-electron chi connectivity index (χ3n) is 4.97. The Balaban J connectivity index is 1.41. The maximum atomic E-state index is 12.1. The van der Waals surface area contributed by atoms with Gasteiger partial charge < -0.3 is 15.4 Å². The molecule has 0 unspecified atom stereocenters. The maximum absolute atomic E-state index is 12.1. The number of benzene rings is 3. The molecule has 0 saturated carbocycles. The topological polar surface area (TPSA) is 50.4 Å². The van der Waals surface area contributed by atoms with Gasteiger partial charge in [0.25, 0.3) is 5.91 Å². The summed E-state index contributed by atoms with van der Waals surface area (Å²) in [6.45, 7) is 4.97. The van der Waals surface area contributed by atoms with Crippen molar-refractivity contribution in [2.75, 3.05) is 11.9 Å². The third kappa shape index (κ3) is 7.37. The van der Waals surface area contributed by atoms with Crippen LogP contribution in [0.25, 0.3) is 0 Å². The van der Waals surface area contributed by atoms with E-state index in [2.05, 4.69) is 47.9 Å². The summed E-state index contributed by atoms with van der Waals surface area (Å²) < 4.78 is 5.68. The zero-order valence-corrected chi connectivity index (χ0v) is 17.7. The molecule has 1 amide bonds. The van der Waals surface area contributed by atoms with Gasteiger partial charge in [0.15, 0.2) is 6.61 Å². The molecule has 0 fully saturated rings. The van der Waals surface area contributed by atoms with Crippen molar-refractivity contribution < 1.29 is 9.53 Å². The molecular weight excluding hydrogens is 372 g/mol. The van der Waals surface area contributed by atoms with Gasteiger partial charge in [-0.2, -0.15) is 0 Å². The van der Waals surface area contributed by atoms with Gasteiger partial charge in [-0.3, -0.25) is 4.79 Å². The van der Waals surface area contributed by atoms with Gasteiger partial charge >= 0.3 is 0 Å². The van der Waals surface area contributed by atoms with Crippen molar-refractivity contribution in [2.24, 2.45) is 0 Å². The van der Waals surface area contributed by atoms with E-state index in [-0.39, 0.29) is 12.5 Å². The minimum absolute atomic E-state index is 0.0156. The summed E-state index contributed by atoms with van der Waals surface area (Å²) in [6, 6.07) is 26.6. The van der Waals surface area contributed by atoms with Crippen LogP contribution in [0.3, 0.4) is 0 Å². The molecule has 0 saturated heterocycles. The van der Waals surface area contributed by atoms with Crippen molar-refractivity contribution in [1.29, 1.82) is 0 Å². The molecule has 0 heterocycles. The molecule has 3 aromatic carbocycles. The van der Waals surface area contributed by atoms with Crippen LogP contribution in [-0.4, -0.2) is 18.6 Å². The van der Waals surface area contributed by atoms with E-state index in [0.717, 1.165) is 36.2 Å². The van der Waals surface area contributed by atoms with Crippen LogP contribution in [-0.2, 0) is 17.8 Å². The second kappa shape index (κ2) is 11.2. The Labute approximate surface area is 179 Å². The Hall–Kier alpha value is -3.11. The van der Waals surface area contributed by atoms with Crippen molar-refractivity contribution in [1.82, 2.24) is 5.32 Å². The van der Waals surface area contributed by atoms with E-state index in [9.17, 15) is 4.79 Å². The second-order valence-corrected chi connectivity index (χ2v) is 7.66. The van der Waals surface area contributed by atoms with Crippen LogP contribution in [0.15, 0.2) is 78.9 Å². The number of ether oxygens (including phenoxy) is 1. The quantitative estimate of drug-likeness (QED) is 0.495. The van der Waals surface area contributed by atoms with Crippen LogP contribution in [0.2, 0.25) is 0 Å². The minimum Gasteiger partial charge on any atom is -0.484 e. The van der Waals surface area contributed by atoms with Crippen molar-refractivity contribution in [3.8, 4) is 5.75 Å². The van der Waals surface area contributed by atoms with Gasteiger partial charge in [-0.25, -0.2) is 0 Å². The molecule has 3 aromatic rings. The first-order valence-corrected chi connectivity index (χ1v) is 10.4. The highest BCUT2D eigenvalue weighted by atomic mass is 16.5.